The number of piperidine rings is 1. The Balaban J connectivity index is 1.43. The van der Waals surface area contributed by atoms with Crippen molar-refractivity contribution in [3.63, 3.8) is 0 Å². The van der Waals surface area contributed by atoms with Crippen LogP contribution in [-0.2, 0) is 4.79 Å². The van der Waals surface area contributed by atoms with Crippen LogP contribution in [0.4, 0.5) is 14.6 Å². The minimum absolute atomic E-state index is 0.0982. The van der Waals surface area contributed by atoms with E-state index in [0.717, 1.165) is 36.3 Å². The third-order valence-corrected chi connectivity index (χ3v) is 6.39. The number of carbonyl (C=O) groups is 1. The van der Waals surface area contributed by atoms with Crippen LogP contribution in [0.2, 0.25) is 0 Å². The molecule has 1 amide bonds. The van der Waals surface area contributed by atoms with E-state index in [0.29, 0.717) is 35.7 Å². The summed E-state index contributed by atoms with van der Waals surface area (Å²) in [6, 6.07) is 8.87. The fourth-order valence-corrected chi connectivity index (χ4v) is 4.49. The van der Waals surface area contributed by atoms with E-state index in [-0.39, 0.29) is 17.8 Å². The van der Waals surface area contributed by atoms with Crippen LogP contribution >= 0.6 is 0 Å². The van der Waals surface area contributed by atoms with E-state index in [1.165, 1.54) is 0 Å². The lowest BCUT2D eigenvalue weighted by Gasteiger charge is -2.31. The number of fused-ring (bicyclic) bond motifs is 1. The van der Waals surface area contributed by atoms with Gasteiger partial charge in [0.1, 0.15) is 11.5 Å². The number of amides is 1. The van der Waals surface area contributed by atoms with E-state index < -0.39 is 12.5 Å². The first kappa shape index (κ1) is 23.8. The molecule has 0 radical (unpaired) electrons. The summed E-state index contributed by atoms with van der Waals surface area (Å²) in [4.78, 5) is 17.8. The summed E-state index contributed by atoms with van der Waals surface area (Å²) in [7, 11) is 0. The smallest absolute Gasteiger partial charge is 0.278 e. The molecule has 2 N–H and O–H groups in total. The Morgan fingerprint density at radius 1 is 1.22 bits per heavy atom. The first-order chi connectivity index (χ1) is 17.2. The lowest BCUT2D eigenvalue weighted by Crippen LogP contribution is -2.37. The van der Waals surface area contributed by atoms with Gasteiger partial charge in [-0.3, -0.25) is 9.48 Å². The van der Waals surface area contributed by atoms with Crippen LogP contribution in [-0.4, -0.2) is 51.2 Å². The molecule has 1 aliphatic heterocycles. The van der Waals surface area contributed by atoms with Crippen LogP contribution in [0, 0.1) is 0 Å². The number of halogens is 2. The van der Waals surface area contributed by atoms with Gasteiger partial charge < -0.3 is 19.8 Å². The molecule has 4 aromatic rings. The number of rotatable bonds is 6. The van der Waals surface area contributed by atoms with Crippen molar-refractivity contribution >= 4 is 22.7 Å². The third-order valence-electron chi connectivity index (χ3n) is 6.39. The molecule has 0 aliphatic carbocycles. The highest BCUT2D eigenvalue weighted by atomic mass is 19.3. The van der Waals surface area contributed by atoms with Crippen LogP contribution in [0.15, 0.2) is 53.3 Å². The Morgan fingerprint density at radius 2 is 2.00 bits per heavy atom. The van der Waals surface area contributed by atoms with Gasteiger partial charge >= 0.3 is 0 Å². The second kappa shape index (κ2) is 9.25. The summed E-state index contributed by atoms with van der Waals surface area (Å²) < 4.78 is 39.6. The number of anilines is 1. The molecule has 3 aromatic heterocycles. The van der Waals surface area contributed by atoms with Crippen molar-refractivity contribution in [3.05, 3.63) is 48.9 Å². The van der Waals surface area contributed by atoms with Gasteiger partial charge in [0, 0.05) is 61.4 Å². The number of nitrogen functional groups attached to an aromatic ring is 1. The van der Waals surface area contributed by atoms with Crippen molar-refractivity contribution in [2.75, 3.05) is 25.4 Å². The number of pyridine rings is 1. The highest BCUT2D eigenvalue weighted by Gasteiger charge is 2.24. The highest BCUT2D eigenvalue weighted by molar-refractivity contribution is 6.00. The number of carbonyl (C=O) groups excluding carboxylic acids is 1. The Morgan fingerprint density at radius 3 is 2.72 bits per heavy atom. The van der Waals surface area contributed by atoms with Gasteiger partial charge in [-0.25, -0.2) is 13.8 Å². The summed E-state index contributed by atoms with van der Waals surface area (Å²) in [5.41, 5.74) is 8.91. The molecule has 1 aliphatic rings. The Hall–Kier alpha value is -3.95. The van der Waals surface area contributed by atoms with E-state index in [1.807, 2.05) is 27.9 Å². The lowest BCUT2D eigenvalue weighted by molar-refractivity contribution is -0.130. The molecule has 0 atom stereocenters. The second-order valence-electron chi connectivity index (χ2n) is 9.24. The van der Waals surface area contributed by atoms with Gasteiger partial charge in [0.15, 0.2) is 18.0 Å². The monoisotopic (exact) mass is 495 g/mol. The normalized spacial score (nSPS) is 14.9. The molecule has 0 unspecified atom stereocenters. The summed E-state index contributed by atoms with van der Waals surface area (Å²) >= 11 is 0. The first-order valence-corrected chi connectivity index (χ1v) is 11.8. The molecular weight excluding hydrogens is 468 g/mol. The van der Waals surface area contributed by atoms with Crippen LogP contribution < -0.4 is 10.5 Å². The number of hydrogen-bond acceptors (Lipinski definition) is 6. The fourth-order valence-electron chi connectivity index (χ4n) is 4.49. The quantitative estimate of drug-likeness (QED) is 0.397. The molecule has 5 rings (SSSR count). The largest absolute Gasteiger partial charge is 0.487 e. The number of alkyl halides is 2. The molecule has 0 spiro atoms. The third kappa shape index (κ3) is 4.89. The topological polar surface area (TPSA) is 99.4 Å². The maximum absolute atomic E-state index is 13.2. The molecule has 188 valence electrons. The molecule has 1 aromatic carbocycles. The second-order valence-corrected chi connectivity index (χ2v) is 9.24. The molecule has 0 bridgehead atoms. The number of benzene rings is 1. The van der Waals surface area contributed by atoms with Crippen LogP contribution in [0.3, 0.4) is 0 Å². The first-order valence-electron chi connectivity index (χ1n) is 11.8. The predicted molar refractivity (Wildman–Crippen MR) is 132 cm³/mol. The fraction of sp³-hybridized carbons (Fsp3) is 0.346. The molecule has 1 saturated heterocycles. The predicted octanol–water partition coefficient (Wildman–Crippen LogP) is 5.16. The Bertz CT molecular complexity index is 1400. The van der Waals surface area contributed by atoms with Crippen molar-refractivity contribution in [3.8, 4) is 28.2 Å². The average Bonchev–Trinajstić information content (AvgIpc) is 3.52. The maximum atomic E-state index is 13.2. The minimum atomic E-state index is -2.93. The average molecular weight is 496 g/mol. The zero-order valence-electron chi connectivity index (χ0n) is 20.1. The highest BCUT2D eigenvalue weighted by Crippen LogP contribution is 2.37. The van der Waals surface area contributed by atoms with Gasteiger partial charge in [0.05, 0.1) is 12.2 Å². The summed E-state index contributed by atoms with van der Waals surface area (Å²) in [5, 5.41) is 5.35. The summed E-state index contributed by atoms with van der Waals surface area (Å²) in [6.45, 7) is 3.12. The van der Waals surface area contributed by atoms with Crippen molar-refractivity contribution in [1.29, 1.82) is 0 Å². The van der Waals surface area contributed by atoms with Gasteiger partial charge in [-0.1, -0.05) is 12.1 Å². The van der Waals surface area contributed by atoms with E-state index in [9.17, 15) is 13.6 Å². The van der Waals surface area contributed by atoms with Gasteiger partial charge in [0.25, 0.3) is 5.92 Å². The van der Waals surface area contributed by atoms with Crippen LogP contribution in [0.25, 0.3) is 33.4 Å². The number of furan rings is 1. The molecule has 4 heterocycles. The van der Waals surface area contributed by atoms with Gasteiger partial charge in [-0.05, 0) is 31.0 Å². The number of aromatic nitrogens is 3. The zero-order valence-corrected chi connectivity index (χ0v) is 20.1. The van der Waals surface area contributed by atoms with Crippen LogP contribution in [0.5, 0.6) is 5.75 Å². The van der Waals surface area contributed by atoms with Gasteiger partial charge in [0.2, 0.25) is 5.91 Å². The van der Waals surface area contributed by atoms with E-state index in [2.05, 4.69) is 10.1 Å². The van der Waals surface area contributed by atoms with Crippen molar-refractivity contribution < 1.29 is 22.7 Å². The van der Waals surface area contributed by atoms with Gasteiger partial charge in [-0.15, -0.1) is 0 Å². The van der Waals surface area contributed by atoms with Gasteiger partial charge in [-0.2, -0.15) is 5.10 Å². The molecule has 8 nitrogen and oxygen atoms in total. The van der Waals surface area contributed by atoms with Crippen molar-refractivity contribution in [2.45, 2.75) is 38.7 Å². The Labute approximate surface area is 206 Å². The standard InChI is InChI=1S/C26H27F2N5O3/c1-16(34)32-8-6-19(7-9-32)33-14-18(12-31-33)22-13-30-25(29)24-21(22)11-23(36-24)17-4-3-5-20(10-17)35-15-26(2,27)28/h3-5,10-14,19H,6-9,15H2,1-2H3,(H2,29,30). The maximum Gasteiger partial charge on any atom is 0.278 e. The number of likely N-dealkylation sites (tertiary alicyclic amines) is 1. The summed E-state index contributed by atoms with van der Waals surface area (Å²) in [5.74, 6) is -1.75. The summed E-state index contributed by atoms with van der Waals surface area (Å²) in [6.07, 6.45) is 7.14. The minimum Gasteiger partial charge on any atom is -0.487 e. The molecule has 10 heteroatoms. The lowest BCUT2D eigenvalue weighted by atomic mass is 10.0. The Kier molecular flexibility index (Phi) is 6.11. The number of nitrogens with zero attached hydrogens (tertiary/aromatic N) is 4. The van der Waals surface area contributed by atoms with E-state index in [4.69, 9.17) is 14.9 Å². The van der Waals surface area contributed by atoms with E-state index in [1.54, 1.807) is 37.5 Å². The van der Waals surface area contributed by atoms with Crippen LogP contribution in [0.1, 0.15) is 32.7 Å². The van der Waals surface area contributed by atoms with Crippen molar-refractivity contribution in [2.24, 2.45) is 0 Å². The number of hydrogen-bond donors (Lipinski definition) is 1. The molecular formula is C26H27F2N5O3. The number of nitrogens with two attached hydrogens (primary N) is 1. The van der Waals surface area contributed by atoms with E-state index >= 15 is 0 Å². The SMILES string of the molecule is CC(=O)N1CCC(n2cc(-c3cnc(N)c4oc(-c5cccc(OCC(C)(F)F)c5)cc34)cn2)CC1. The molecule has 0 saturated carbocycles. The number of ether oxygens (including phenoxy) is 1. The van der Waals surface area contributed by atoms with Crippen molar-refractivity contribution in [1.82, 2.24) is 19.7 Å². The molecule has 1 fully saturated rings. The molecule has 36 heavy (non-hydrogen) atoms. The zero-order chi connectivity index (χ0) is 25.4.